The maximum atomic E-state index is 5.74. The molecular formula is C13H29NO2. The van der Waals surface area contributed by atoms with Gasteiger partial charge >= 0.3 is 0 Å². The Morgan fingerprint density at radius 2 is 1.69 bits per heavy atom. The van der Waals surface area contributed by atoms with Crippen LogP contribution in [0.25, 0.3) is 0 Å². The molecule has 0 fully saturated rings. The third-order valence-electron chi connectivity index (χ3n) is 3.29. The lowest BCUT2D eigenvalue weighted by Gasteiger charge is -2.39. The second-order valence-corrected chi connectivity index (χ2v) is 4.47. The van der Waals surface area contributed by atoms with Crippen LogP contribution in [0.3, 0.4) is 0 Å². The van der Waals surface area contributed by atoms with Gasteiger partial charge in [-0.25, -0.2) is 0 Å². The van der Waals surface area contributed by atoms with E-state index in [2.05, 4.69) is 39.9 Å². The summed E-state index contributed by atoms with van der Waals surface area (Å²) < 4.78 is 11.5. The first kappa shape index (κ1) is 15.9. The number of hydrogen-bond donors (Lipinski definition) is 1. The minimum absolute atomic E-state index is 0.106. The van der Waals surface area contributed by atoms with Crippen molar-refractivity contribution in [3.05, 3.63) is 0 Å². The summed E-state index contributed by atoms with van der Waals surface area (Å²) in [5.41, 5.74) is -0.106. The minimum Gasteiger partial charge on any atom is -0.377 e. The average Bonchev–Trinajstić information content (AvgIpc) is 2.28. The van der Waals surface area contributed by atoms with E-state index in [-0.39, 0.29) is 17.7 Å². The van der Waals surface area contributed by atoms with Crippen LogP contribution in [-0.4, -0.2) is 38.0 Å². The number of rotatable bonds is 9. The summed E-state index contributed by atoms with van der Waals surface area (Å²) in [7, 11) is 1.80. The first-order valence-corrected chi connectivity index (χ1v) is 6.46. The Balaban J connectivity index is 4.56. The molecule has 0 aromatic rings. The maximum absolute atomic E-state index is 5.74. The lowest BCUT2D eigenvalue weighted by atomic mass is 9.88. The molecule has 0 aromatic carbocycles. The predicted octanol–water partition coefficient (Wildman–Crippen LogP) is 2.59. The van der Waals surface area contributed by atoms with Crippen LogP contribution in [0, 0.1) is 0 Å². The van der Waals surface area contributed by atoms with Crippen LogP contribution in [0.1, 0.15) is 47.5 Å². The SMILES string of the molecule is CCNC(COC(C)C)C(CC)(CC)OC. The Kier molecular flexibility index (Phi) is 7.98. The van der Waals surface area contributed by atoms with Crippen molar-refractivity contribution in [1.82, 2.24) is 5.32 Å². The van der Waals surface area contributed by atoms with Gasteiger partial charge in [-0.15, -0.1) is 0 Å². The van der Waals surface area contributed by atoms with Gasteiger partial charge in [0, 0.05) is 7.11 Å². The Labute approximate surface area is 101 Å². The second kappa shape index (κ2) is 8.04. The van der Waals surface area contributed by atoms with E-state index in [0.29, 0.717) is 6.61 Å². The van der Waals surface area contributed by atoms with Crippen molar-refractivity contribution in [3.63, 3.8) is 0 Å². The standard InChI is InChI=1S/C13H29NO2/c1-7-13(8-2,15-6)12(14-9-3)10-16-11(4)5/h11-12,14H,7-10H2,1-6H3. The summed E-state index contributed by atoms with van der Waals surface area (Å²) in [6.07, 6.45) is 2.27. The zero-order valence-electron chi connectivity index (χ0n) is 11.8. The molecule has 0 saturated carbocycles. The molecule has 0 spiro atoms. The molecule has 1 atom stereocenters. The highest BCUT2D eigenvalue weighted by atomic mass is 16.5. The molecule has 0 aromatic heterocycles. The molecular weight excluding hydrogens is 202 g/mol. The molecule has 98 valence electrons. The molecule has 0 aliphatic heterocycles. The van der Waals surface area contributed by atoms with E-state index in [4.69, 9.17) is 9.47 Å². The van der Waals surface area contributed by atoms with Crippen LogP contribution in [0.5, 0.6) is 0 Å². The molecule has 1 unspecified atom stereocenters. The quantitative estimate of drug-likeness (QED) is 0.661. The highest BCUT2D eigenvalue weighted by Crippen LogP contribution is 2.24. The third-order valence-corrected chi connectivity index (χ3v) is 3.29. The van der Waals surface area contributed by atoms with Gasteiger partial charge in [-0.1, -0.05) is 20.8 Å². The lowest BCUT2D eigenvalue weighted by Crippen LogP contribution is -2.54. The van der Waals surface area contributed by atoms with E-state index >= 15 is 0 Å². The number of likely N-dealkylation sites (N-methyl/N-ethyl adjacent to an activating group) is 1. The van der Waals surface area contributed by atoms with Gasteiger partial charge in [0.05, 0.1) is 24.4 Å². The van der Waals surface area contributed by atoms with E-state index in [0.717, 1.165) is 19.4 Å². The topological polar surface area (TPSA) is 30.5 Å². The second-order valence-electron chi connectivity index (χ2n) is 4.47. The maximum Gasteiger partial charge on any atom is 0.0848 e. The summed E-state index contributed by atoms with van der Waals surface area (Å²) in [5.74, 6) is 0. The molecule has 3 nitrogen and oxygen atoms in total. The van der Waals surface area contributed by atoms with Gasteiger partial charge in [0.1, 0.15) is 0 Å². The first-order valence-electron chi connectivity index (χ1n) is 6.46. The van der Waals surface area contributed by atoms with Gasteiger partial charge in [0.2, 0.25) is 0 Å². The Bertz CT molecular complexity index is 159. The fourth-order valence-electron chi connectivity index (χ4n) is 2.11. The smallest absolute Gasteiger partial charge is 0.0848 e. The van der Waals surface area contributed by atoms with Crippen molar-refractivity contribution in [2.75, 3.05) is 20.3 Å². The zero-order chi connectivity index (χ0) is 12.6. The minimum atomic E-state index is -0.106. The summed E-state index contributed by atoms with van der Waals surface area (Å²) in [4.78, 5) is 0. The average molecular weight is 231 g/mol. The highest BCUT2D eigenvalue weighted by molar-refractivity contribution is 4.91. The molecule has 1 N–H and O–H groups in total. The van der Waals surface area contributed by atoms with Crippen LogP contribution in [0.2, 0.25) is 0 Å². The lowest BCUT2D eigenvalue weighted by molar-refractivity contribution is -0.0758. The van der Waals surface area contributed by atoms with E-state index in [9.17, 15) is 0 Å². The molecule has 0 rings (SSSR count). The molecule has 16 heavy (non-hydrogen) atoms. The first-order chi connectivity index (χ1) is 7.56. The monoisotopic (exact) mass is 231 g/mol. The number of nitrogens with one attached hydrogen (secondary N) is 1. The Morgan fingerprint density at radius 3 is 2.00 bits per heavy atom. The molecule has 0 radical (unpaired) electrons. The number of methoxy groups -OCH3 is 1. The van der Waals surface area contributed by atoms with Gasteiger partial charge in [-0.2, -0.15) is 0 Å². The fourth-order valence-corrected chi connectivity index (χ4v) is 2.11. The highest BCUT2D eigenvalue weighted by Gasteiger charge is 2.35. The van der Waals surface area contributed by atoms with Crippen LogP contribution in [0.15, 0.2) is 0 Å². The fraction of sp³-hybridized carbons (Fsp3) is 1.00. The molecule has 0 amide bonds. The van der Waals surface area contributed by atoms with Gasteiger partial charge in [-0.3, -0.25) is 0 Å². The van der Waals surface area contributed by atoms with Gasteiger partial charge in [0.25, 0.3) is 0 Å². The van der Waals surface area contributed by atoms with Crippen molar-refractivity contribution in [2.45, 2.75) is 65.2 Å². The predicted molar refractivity (Wildman–Crippen MR) is 68.9 cm³/mol. The molecule has 3 heteroatoms. The van der Waals surface area contributed by atoms with Gasteiger partial charge < -0.3 is 14.8 Å². The molecule has 0 aliphatic carbocycles. The Hall–Kier alpha value is -0.120. The Morgan fingerprint density at radius 1 is 1.12 bits per heavy atom. The van der Waals surface area contributed by atoms with E-state index in [1.54, 1.807) is 7.11 Å². The summed E-state index contributed by atoms with van der Waals surface area (Å²) in [6.45, 7) is 12.2. The molecule has 0 saturated heterocycles. The summed E-state index contributed by atoms with van der Waals surface area (Å²) >= 11 is 0. The number of ether oxygens (including phenoxy) is 2. The van der Waals surface area contributed by atoms with Crippen molar-refractivity contribution in [2.24, 2.45) is 0 Å². The van der Waals surface area contributed by atoms with E-state index in [1.165, 1.54) is 0 Å². The van der Waals surface area contributed by atoms with Crippen molar-refractivity contribution >= 4 is 0 Å². The van der Waals surface area contributed by atoms with Crippen molar-refractivity contribution in [1.29, 1.82) is 0 Å². The van der Waals surface area contributed by atoms with E-state index in [1.807, 2.05) is 0 Å². The van der Waals surface area contributed by atoms with Crippen LogP contribution < -0.4 is 5.32 Å². The molecule has 0 aliphatic rings. The van der Waals surface area contributed by atoms with Crippen molar-refractivity contribution in [3.8, 4) is 0 Å². The van der Waals surface area contributed by atoms with E-state index < -0.39 is 0 Å². The third kappa shape index (κ3) is 4.40. The number of hydrogen-bond acceptors (Lipinski definition) is 3. The van der Waals surface area contributed by atoms with Gasteiger partial charge in [0.15, 0.2) is 0 Å². The normalized spacial score (nSPS) is 14.4. The van der Waals surface area contributed by atoms with Crippen LogP contribution in [-0.2, 0) is 9.47 Å². The summed E-state index contributed by atoms with van der Waals surface area (Å²) in [6, 6.07) is 0.264. The van der Waals surface area contributed by atoms with Crippen LogP contribution in [0.4, 0.5) is 0 Å². The van der Waals surface area contributed by atoms with Crippen LogP contribution >= 0.6 is 0 Å². The van der Waals surface area contributed by atoms with Crippen molar-refractivity contribution < 1.29 is 9.47 Å². The molecule has 0 bridgehead atoms. The largest absolute Gasteiger partial charge is 0.377 e. The van der Waals surface area contributed by atoms with Gasteiger partial charge in [-0.05, 0) is 33.2 Å². The summed E-state index contributed by atoms with van der Waals surface area (Å²) in [5, 5.41) is 3.48. The molecule has 0 heterocycles. The zero-order valence-corrected chi connectivity index (χ0v) is 11.8.